The van der Waals surface area contributed by atoms with Gasteiger partial charge in [-0.25, -0.2) is 8.42 Å². The third-order valence-corrected chi connectivity index (χ3v) is 8.51. The van der Waals surface area contributed by atoms with Crippen molar-refractivity contribution in [3.8, 4) is 0 Å². The van der Waals surface area contributed by atoms with Gasteiger partial charge in [0, 0.05) is 31.7 Å². The van der Waals surface area contributed by atoms with Gasteiger partial charge in [-0.1, -0.05) is 23.8 Å². The molecule has 0 amide bonds. The van der Waals surface area contributed by atoms with E-state index in [0.29, 0.717) is 31.5 Å². The molecule has 0 bridgehead atoms. The van der Waals surface area contributed by atoms with E-state index < -0.39 is 10.0 Å². The Hall–Kier alpha value is -0.950. The number of hydrogen-bond donors (Lipinski definition) is 1. The topological polar surface area (TPSA) is 66.6 Å². The van der Waals surface area contributed by atoms with Gasteiger partial charge in [0.05, 0.1) is 5.75 Å². The van der Waals surface area contributed by atoms with Crippen LogP contribution in [0.3, 0.4) is 0 Å². The summed E-state index contributed by atoms with van der Waals surface area (Å²) in [5, 5.41) is 0. The van der Waals surface area contributed by atoms with Crippen LogP contribution in [0.5, 0.6) is 0 Å². The largest absolute Gasteiger partial charge is 0.330 e. The maximum absolute atomic E-state index is 12.9. The molecule has 2 N–H and O–H groups in total. The van der Waals surface area contributed by atoms with Crippen LogP contribution in [0.4, 0.5) is 0 Å². The number of benzene rings is 1. The summed E-state index contributed by atoms with van der Waals surface area (Å²) in [6.45, 7) is 5.40. The van der Waals surface area contributed by atoms with Gasteiger partial charge in [0.2, 0.25) is 10.0 Å². The molecule has 0 radical (unpaired) electrons. The van der Waals surface area contributed by atoms with Gasteiger partial charge in [-0.15, -0.1) is 0 Å². The molecule has 0 saturated carbocycles. The number of nitrogens with two attached hydrogens (primary N) is 1. The van der Waals surface area contributed by atoms with Crippen molar-refractivity contribution in [2.24, 2.45) is 11.7 Å². The molecule has 0 aromatic heterocycles. The van der Waals surface area contributed by atoms with Gasteiger partial charge in [0.15, 0.2) is 0 Å². The lowest BCUT2D eigenvalue weighted by Crippen LogP contribution is -2.57. The highest BCUT2D eigenvalue weighted by Crippen LogP contribution is 2.43. The van der Waals surface area contributed by atoms with Crippen molar-refractivity contribution in [2.45, 2.75) is 51.1 Å². The van der Waals surface area contributed by atoms with Gasteiger partial charge in [-0.05, 0) is 62.6 Å². The Labute approximate surface area is 157 Å². The number of aryl methyl sites for hydroxylation is 1. The van der Waals surface area contributed by atoms with Crippen molar-refractivity contribution in [3.05, 3.63) is 34.9 Å². The molecule has 0 unspecified atom stereocenters. The zero-order valence-corrected chi connectivity index (χ0v) is 16.5. The zero-order chi connectivity index (χ0) is 18.3. The average Bonchev–Trinajstić information content (AvgIpc) is 2.64. The molecule has 4 rings (SSSR count). The Kier molecular flexibility index (Phi) is 5.12. The number of fused-ring (bicyclic) bond motifs is 4. The molecular formula is C20H31N3O2S. The van der Waals surface area contributed by atoms with Crippen molar-refractivity contribution >= 4 is 10.0 Å². The molecule has 2 fully saturated rings. The molecule has 0 spiro atoms. The van der Waals surface area contributed by atoms with Gasteiger partial charge in [0.1, 0.15) is 0 Å². The van der Waals surface area contributed by atoms with Crippen LogP contribution in [0.1, 0.15) is 48.4 Å². The Bertz CT molecular complexity index is 764. The number of sulfonamides is 1. The zero-order valence-electron chi connectivity index (χ0n) is 15.7. The normalized spacial score (nSPS) is 29.7. The average molecular weight is 378 g/mol. The van der Waals surface area contributed by atoms with Crippen molar-refractivity contribution < 1.29 is 8.42 Å². The Morgan fingerprint density at radius 3 is 2.92 bits per heavy atom. The second kappa shape index (κ2) is 7.23. The van der Waals surface area contributed by atoms with Crippen molar-refractivity contribution in [2.75, 3.05) is 31.9 Å². The summed E-state index contributed by atoms with van der Waals surface area (Å²) < 4.78 is 27.7. The van der Waals surface area contributed by atoms with E-state index >= 15 is 0 Å². The maximum atomic E-state index is 12.9. The first kappa shape index (κ1) is 18.4. The van der Waals surface area contributed by atoms with Crippen LogP contribution in [-0.4, -0.2) is 55.6 Å². The number of hydrogen-bond acceptors (Lipinski definition) is 4. The second-order valence-electron chi connectivity index (χ2n) is 8.24. The fourth-order valence-electron chi connectivity index (χ4n) is 5.25. The molecule has 1 aromatic carbocycles. The second-order valence-corrected chi connectivity index (χ2v) is 10.3. The number of rotatable bonds is 4. The molecular weight excluding hydrogens is 346 g/mol. The number of piperidine rings is 2. The van der Waals surface area contributed by atoms with E-state index in [-0.39, 0.29) is 11.8 Å². The van der Waals surface area contributed by atoms with Crippen molar-refractivity contribution in [1.29, 1.82) is 0 Å². The van der Waals surface area contributed by atoms with E-state index in [1.165, 1.54) is 16.7 Å². The van der Waals surface area contributed by atoms with E-state index in [2.05, 4.69) is 30.0 Å². The molecule has 3 aliphatic rings. The summed E-state index contributed by atoms with van der Waals surface area (Å²) in [7, 11) is -3.20. The van der Waals surface area contributed by atoms with Crippen molar-refractivity contribution in [3.63, 3.8) is 0 Å². The molecule has 6 heteroatoms. The van der Waals surface area contributed by atoms with Crippen LogP contribution in [0.25, 0.3) is 0 Å². The molecule has 3 atom stereocenters. The van der Waals surface area contributed by atoms with Gasteiger partial charge in [-0.3, -0.25) is 4.90 Å². The maximum Gasteiger partial charge on any atom is 0.214 e. The predicted octanol–water partition coefficient (Wildman–Crippen LogP) is 2.06. The first-order valence-corrected chi connectivity index (χ1v) is 11.6. The summed E-state index contributed by atoms with van der Waals surface area (Å²) in [5.74, 6) is 0.663. The molecule has 3 heterocycles. The van der Waals surface area contributed by atoms with E-state index in [1.807, 2.05) is 4.31 Å². The third-order valence-electron chi connectivity index (χ3n) is 6.53. The number of nitrogens with zero attached hydrogens (tertiary/aromatic N) is 2. The van der Waals surface area contributed by atoms with Crippen LogP contribution in [0.15, 0.2) is 18.2 Å². The van der Waals surface area contributed by atoms with Gasteiger partial charge >= 0.3 is 0 Å². The highest BCUT2D eigenvalue weighted by Gasteiger charge is 2.45. The molecule has 26 heavy (non-hydrogen) atoms. The quantitative estimate of drug-likeness (QED) is 0.872. The Balaban J connectivity index is 1.62. The monoisotopic (exact) mass is 377 g/mol. The Morgan fingerprint density at radius 2 is 2.12 bits per heavy atom. The van der Waals surface area contributed by atoms with E-state index in [9.17, 15) is 8.42 Å². The predicted molar refractivity (Wildman–Crippen MR) is 104 cm³/mol. The SMILES string of the molecule is Cc1ccc2c(c1)[C@@H]1C[C@@H]3[C@@H](CCCN3S(=O)(=O)CCCN)CN1CC2. The molecule has 144 valence electrons. The molecule has 0 aliphatic carbocycles. The molecule has 3 aliphatic heterocycles. The smallest absolute Gasteiger partial charge is 0.214 e. The fourth-order valence-corrected chi connectivity index (χ4v) is 7.09. The lowest BCUT2D eigenvalue weighted by Gasteiger charge is -2.51. The highest BCUT2D eigenvalue weighted by atomic mass is 32.2. The minimum atomic E-state index is -3.20. The first-order valence-electron chi connectivity index (χ1n) is 10.0. The summed E-state index contributed by atoms with van der Waals surface area (Å²) >= 11 is 0. The van der Waals surface area contributed by atoms with E-state index in [0.717, 1.165) is 38.8 Å². The molecule has 5 nitrogen and oxygen atoms in total. The van der Waals surface area contributed by atoms with Crippen LogP contribution in [0, 0.1) is 12.8 Å². The van der Waals surface area contributed by atoms with Crippen LogP contribution in [-0.2, 0) is 16.4 Å². The van der Waals surface area contributed by atoms with Crippen LogP contribution in [0.2, 0.25) is 0 Å². The first-order chi connectivity index (χ1) is 12.5. The lowest BCUT2D eigenvalue weighted by molar-refractivity contribution is 0.0220. The molecule has 2 saturated heterocycles. The van der Waals surface area contributed by atoms with E-state index in [1.54, 1.807) is 0 Å². The highest BCUT2D eigenvalue weighted by molar-refractivity contribution is 7.89. The van der Waals surface area contributed by atoms with Crippen LogP contribution < -0.4 is 5.73 Å². The lowest BCUT2D eigenvalue weighted by atomic mass is 9.77. The minimum absolute atomic E-state index is 0.152. The minimum Gasteiger partial charge on any atom is -0.330 e. The van der Waals surface area contributed by atoms with Gasteiger partial charge < -0.3 is 5.73 Å². The standard InChI is InChI=1S/C20H31N3O2S/c1-15-5-6-16-7-10-22-14-17-4-2-9-23(26(24,25)11-3-8-21)19(17)13-20(22)18(16)12-15/h5-6,12,17,19-20H,2-4,7-11,13-14,21H2,1H3/t17-,19+,20-/m0/s1. The van der Waals surface area contributed by atoms with E-state index in [4.69, 9.17) is 5.73 Å². The Morgan fingerprint density at radius 1 is 1.27 bits per heavy atom. The third kappa shape index (κ3) is 3.33. The summed E-state index contributed by atoms with van der Waals surface area (Å²) in [5.41, 5.74) is 9.74. The van der Waals surface area contributed by atoms with Crippen molar-refractivity contribution in [1.82, 2.24) is 9.21 Å². The molecule has 1 aromatic rings. The van der Waals surface area contributed by atoms with Gasteiger partial charge in [0.25, 0.3) is 0 Å². The van der Waals surface area contributed by atoms with Crippen LogP contribution >= 0.6 is 0 Å². The van der Waals surface area contributed by atoms with Gasteiger partial charge in [-0.2, -0.15) is 4.31 Å². The summed E-state index contributed by atoms with van der Waals surface area (Å²) in [4.78, 5) is 2.61. The fraction of sp³-hybridized carbons (Fsp3) is 0.700. The summed E-state index contributed by atoms with van der Waals surface area (Å²) in [6.07, 6.45) is 4.73. The summed E-state index contributed by atoms with van der Waals surface area (Å²) in [6, 6.07) is 7.31.